The van der Waals surface area contributed by atoms with Crippen molar-refractivity contribution in [1.29, 1.82) is 0 Å². The van der Waals surface area contributed by atoms with Gasteiger partial charge in [-0.05, 0) is 45.4 Å². The Labute approximate surface area is 175 Å². The molecular weight excluding hydrogens is 419 g/mol. The van der Waals surface area contributed by atoms with E-state index in [1.807, 2.05) is 0 Å². The molecular formula is C20H20F3N3O5. The molecule has 0 saturated carbocycles. The van der Waals surface area contributed by atoms with E-state index in [1.54, 1.807) is 19.9 Å². The molecule has 1 amide bonds. The van der Waals surface area contributed by atoms with Crippen LogP contribution in [-0.4, -0.2) is 33.3 Å². The lowest BCUT2D eigenvalue weighted by Gasteiger charge is -2.30. The number of alkyl halides is 3. The monoisotopic (exact) mass is 439 g/mol. The van der Waals surface area contributed by atoms with Gasteiger partial charge in [0, 0.05) is 6.07 Å². The molecule has 8 nitrogen and oxygen atoms in total. The van der Waals surface area contributed by atoms with Gasteiger partial charge in [0.1, 0.15) is 17.1 Å². The summed E-state index contributed by atoms with van der Waals surface area (Å²) in [6, 6.07) is 5.45. The second-order valence-corrected chi connectivity index (χ2v) is 7.47. The molecule has 2 aromatic heterocycles. The van der Waals surface area contributed by atoms with E-state index in [2.05, 4.69) is 20.4 Å². The Morgan fingerprint density at radius 2 is 1.77 bits per heavy atom. The van der Waals surface area contributed by atoms with Crippen molar-refractivity contribution in [3.63, 3.8) is 0 Å². The molecule has 0 bridgehead atoms. The molecule has 2 N–H and O–H groups in total. The van der Waals surface area contributed by atoms with Gasteiger partial charge in [0.15, 0.2) is 5.69 Å². The number of carbonyl (C=O) groups excluding carboxylic acids is 1. The van der Waals surface area contributed by atoms with Crippen LogP contribution in [-0.2, 0) is 0 Å². The van der Waals surface area contributed by atoms with Crippen molar-refractivity contribution in [2.24, 2.45) is 0 Å². The Morgan fingerprint density at radius 1 is 1.13 bits per heavy atom. The van der Waals surface area contributed by atoms with Crippen LogP contribution in [0.4, 0.5) is 13.2 Å². The van der Waals surface area contributed by atoms with Crippen molar-refractivity contribution in [1.82, 2.24) is 15.6 Å². The van der Waals surface area contributed by atoms with Gasteiger partial charge in [-0.2, -0.15) is 0 Å². The maximum Gasteiger partial charge on any atom is 0.573 e. The first-order valence-electron chi connectivity index (χ1n) is 9.14. The van der Waals surface area contributed by atoms with E-state index in [4.69, 9.17) is 9.05 Å². The van der Waals surface area contributed by atoms with Crippen LogP contribution < -0.4 is 10.1 Å². The Bertz CT molecular complexity index is 1070. The fourth-order valence-corrected chi connectivity index (χ4v) is 3.02. The molecule has 166 valence electrons. The summed E-state index contributed by atoms with van der Waals surface area (Å²) < 4.78 is 51.3. The maximum absolute atomic E-state index is 13.1. The zero-order valence-corrected chi connectivity index (χ0v) is 17.1. The molecule has 2 heterocycles. The van der Waals surface area contributed by atoms with Crippen molar-refractivity contribution in [2.45, 2.75) is 45.7 Å². The molecule has 0 aliphatic rings. The summed E-state index contributed by atoms with van der Waals surface area (Å²) in [5.41, 5.74) is -0.436. The highest BCUT2D eigenvalue weighted by molar-refractivity contribution is 6.00. The third-order valence-electron chi connectivity index (χ3n) is 4.38. The molecule has 1 aromatic carbocycles. The number of hydrogen-bond acceptors (Lipinski definition) is 7. The predicted molar refractivity (Wildman–Crippen MR) is 101 cm³/mol. The topological polar surface area (TPSA) is 111 Å². The van der Waals surface area contributed by atoms with E-state index < -0.39 is 29.7 Å². The number of ether oxygens (including phenoxy) is 1. The third kappa shape index (κ3) is 5.23. The molecule has 0 saturated heterocycles. The molecule has 11 heteroatoms. The molecule has 1 unspecified atom stereocenters. The number of halogens is 3. The third-order valence-corrected chi connectivity index (χ3v) is 4.38. The van der Waals surface area contributed by atoms with E-state index >= 15 is 0 Å². The number of nitrogens with zero attached hydrogens (tertiary/aromatic N) is 2. The Balaban J connectivity index is 1.89. The van der Waals surface area contributed by atoms with Crippen molar-refractivity contribution in [3.05, 3.63) is 52.9 Å². The quantitative estimate of drug-likeness (QED) is 0.595. The normalized spacial score (nSPS) is 13.2. The Morgan fingerprint density at radius 3 is 2.29 bits per heavy atom. The largest absolute Gasteiger partial charge is 0.573 e. The highest BCUT2D eigenvalue weighted by atomic mass is 19.4. The summed E-state index contributed by atoms with van der Waals surface area (Å²) in [6.45, 7) is 6.16. The van der Waals surface area contributed by atoms with Gasteiger partial charge in [-0.25, -0.2) is 0 Å². The minimum Gasteiger partial charge on any atom is -0.406 e. The predicted octanol–water partition coefficient (Wildman–Crippen LogP) is 4.09. The summed E-state index contributed by atoms with van der Waals surface area (Å²) in [5, 5.41) is 20.9. The van der Waals surface area contributed by atoms with E-state index in [0.29, 0.717) is 11.3 Å². The number of carbonyl (C=O) groups is 1. The Kier molecular flexibility index (Phi) is 5.81. The highest BCUT2D eigenvalue weighted by Gasteiger charge is 2.34. The number of aryl methyl sites for hydroxylation is 2. The number of benzene rings is 1. The van der Waals surface area contributed by atoms with E-state index in [9.17, 15) is 23.1 Å². The van der Waals surface area contributed by atoms with Crippen molar-refractivity contribution >= 4 is 5.91 Å². The summed E-state index contributed by atoms with van der Waals surface area (Å²) in [5.74, 6) is -0.436. The van der Waals surface area contributed by atoms with Crippen LogP contribution in [0.2, 0.25) is 0 Å². The van der Waals surface area contributed by atoms with Crippen molar-refractivity contribution < 1.29 is 36.9 Å². The van der Waals surface area contributed by atoms with Crippen molar-refractivity contribution in [3.8, 4) is 17.2 Å². The standard InChI is InChI=1S/C20H20F3N3O5/c1-10-9-14(26-30-10)16-15(11(2)25-31-16)18(27)24-17(19(3,4)28)12-5-7-13(8-6-12)29-20(21,22)23/h5-9,17,28H,1-4H3,(H,24,27). The van der Waals surface area contributed by atoms with Gasteiger partial charge in [0.25, 0.3) is 5.91 Å². The second kappa shape index (κ2) is 8.06. The Hall–Kier alpha value is -3.34. The molecule has 0 aliphatic heterocycles. The molecule has 0 spiro atoms. The second-order valence-electron chi connectivity index (χ2n) is 7.47. The van der Waals surface area contributed by atoms with Gasteiger partial charge in [0.05, 0.1) is 17.3 Å². The lowest BCUT2D eigenvalue weighted by Crippen LogP contribution is -2.42. The number of hydrogen-bond donors (Lipinski definition) is 2. The summed E-state index contributed by atoms with van der Waals surface area (Å²) in [6.07, 6.45) is -4.83. The van der Waals surface area contributed by atoms with Gasteiger partial charge >= 0.3 is 6.36 Å². The molecule has 3 rings (SSSR count). The smallest absolute Gasteiger partial charge is 0.406 e. The zero-order valence-electron chi connectivity index (χ0n) is 17.1. The van der Waals surface area contributed by atoms with Crippen LogP contribution in [0.1, 0.15) is 47.3 Å². The molecule has 0 aliphatic carbocycles. The number of rotatable bonds is 6. The average Bonchev–Trinajstić information content (AvgIpc) is 3.23. The summed E-state index contributed by atoms with van der Waals surface area (Å²) in [7, 11) is 0. The summed E-state index contributed by atoms with van der Waals surface area (Å²) in [4.78, 5) is 13.1. The van der Waals surface area contributed by atoms with Crippen LogP contribution in [0.25, 0.3) is 11.5 Å². The lowest BCUT2D eigenvalue weighted by atomic mass is 9.91. The van der Waals surface area contributed by atoms with E-state index in [0.717, 1.165) is 12.1 Å². The fraction of sp³-hybridized carbons (Fsp3) is 0.350. The first-order valence-corrected chi connectivity index (χ1v) is 9.14. The molecule has 0 radical (unpaired) electrons. The molecule has 3 aromatic rings. The first kappa shape index (κ1) is 22.3. The molecule has 1 atom stereocenters. The minimum atomic E-state index is -4.83. The van der Waals surface area contributed by atoms with Gasteiger partial charge < -0.3 is 24.2 Å². The lowest BCUT2D eigenvalue weighted by molar-refractivity contribution is -0.274. The summed E-state index contributed by atoms with van der Waals surface area (Å²) >= 11 is 0. The van der Waals surface area contributed by atoms with Gasteiger partial charge in [-0.3, -0.25) is 4.79 Å². The van der Waals surface area contributed by atoms with Crippen LogP contribution in [0.5, 0.6) is 5.75 Å². The molecule has 31 heavy (non-hydrogen) atoms. The highest BCUT2D eigenvalue weighted by Crippen LogP contribution is 2.31. The van der Waals surface area contributed by atoms with Gasteiger partial charge in [-0.15, -0.1) is 13.2 Å². The zero-order chi connectivity index (χ0) is 23.0. The van der Waals surface area contributed by atoms with Crippen LogP contribution in [0, 0.1) is 13.8 Å². The van der Waals surface area contributed by atoms with Crippen LogP contribution >= 0.6 is 0 Å². The SMILES string of the molecule is Cc1cc(-c2onc(C)c2C(=O)NC(c2ccc(OC(F)(F)F)cc2)C(C)(C)O)no1. The van der Waals surface area contributed by atoms with Crippen LogP contribution in [0.3, 0.4) is 0 Å². The minimum absolute atomic E-state index is 0.0928. The molecule has 0 fully saturated rings. The van der Waals surface area contributed by atoms with Gasteiger partial charge in [0.2, 0.25) is 5.76 Å². The fourth-order valence-electron chi connectivity index (χ4n) is 3.02. The van der Waals surface area contributed by atoms with E-state index in [-0.39, 0.29) is 22.7 Å². The number of nitrogens with one attached hydrogen (secondary N) is 1. The first-order chi connectivity index (χ1) is 14.3. The van der Waals surface area contributed by atoms with E-state index in [1.165, 1.54) is 26.0 Å². The number of aromatic nitrogens is 2. The average molecular weight is 439 g/mol. The number of aliphatic hydroxyl groups is 1. The van der Waals surface area contributed by atoms with Gasteiger partial charge in [-0.1, -0.05) is 22.4 Å². The number of amides is 1. The van der Waals surface area contributed by atoms with Crippen molar-refractivity contribution in [2.75, 3.05) is 0 Å². The maximum atomic E-state index is 13.1. The van der Waals surface area contributed by atoms with Crippen LogP contribution in [0.15, 0.2) is 39.4 Å².